The standard InChI is InChI=1S/C19H29N3O5S.H2/c1-18(2,3)27-17(24)21-7-9-22(10-8-21)20-16(23)12-14-5-6-19(28(4,25)26)13-15(19)11-14;/h5-6,11,15H,7-10,12-13H2,1-4H3,(H,20,23);1H. The third kappa shape index (κ3) is 4.57. The fraction of sp³-hybridized carbons (Fsp3) is 0.684. The molecule has 1 saturated carbocycles. The van der Waals surface area contributed by atoms with Crippen LogP contribution >= 0.6 is 0 Å². The van der Waals surface area contributed by atoms with Crippen molar-refractivity contribution in [2.24, 2.45) is 5.92 Å². The van der Waals surface area contributed by atoms with Gasteiger partial charge >= 0.3 is 6.09 Å². The number of carbonyl (C=O) groups excluding carboxylic acids is 2. The monoisotopic (exact) mass is 413 g/mol. The van der Waals surface area contributed by atoms with Gasteiger partial charge in [-0.3, -0.25) is 10.2 Å². The molecule has 0 spiro atoms. The first-order valence-electron chi connectivity index (χ1n) is 9.51. The van der Waals surface area contributed by atoms with Crippen LogP contribution in [0.1, 0.15) is 35.0 Å². The molecule has 0 aromatic rings. The minimum absolute atomic E-state index is 0. The zero-order valence-electron chi connectivity index (χ0n) is 16.9. The normalized spacial score (nSPS) is 27.6. The van der Waals surface area contributed by atoms with Gasteiger partial charge in [-0.25, -0.2) is 18.2 Å². The lowest BCUT2D eigenvalue weighted by Crippen LogP contribution is -2.55. The average Bonchev–Trinajstić information content (AvgIpc) is 3.29. The maximum Gasteiger partial charge on any atom is 0.410 e. The van der Waals surface area contributed by atoms with Crippen LogP contribution in [0.25, 0.3) is 0 Å². The maximum absolute atomic E-state index is 12.3. The molecular formula is C19H31N3O5S. The van der Waals surface area contributed by atoms with Gasteiger partial charge in [-0.2, -0.15) is 0 Å². The van der Waals surface area contributed by atoms with Crippen molar-refractivity contribution in [3.05, 3.63) is 23.8 Å². The van der Waals surface area contributed by atoms with Crippen LogP contribution in [0.5, 0.6) is 0 Å². The Morgan fingerprint density at radius 3 is 2.46 bits per heavy atom. The number of sulfone groups is 1. The largest absolute Gasteiger partial charge is 0.444 e. The molecule has 2 atom stereocenters. The van der Waals surface area contributed by atoms with E-state index in [-0.39, 0.29) is 25.8 Å². The van der Waals surface area contributed by atoms with Crippen molar-refractivity contribution < 1.29 is 24.2 Å². The molecular weight excluding hydrogens is 382 g/mol. The van der Waals surface area contributed by atoms with Crippen molar-refractivity contribution >= 4 is 21.8 Å². The summed E-state index contributed by atoms with van der Waals surface area (Å²) in [6, 6.07) is 0. The Kier molecular flexibility index (Phi) is 5.35. The lowest BCUT2D eigenvalue weighted by atomic mass is 10.0. The minimum atomic E-state index is -3.13. The van der Waals surface area contributed by atoms with Gasteiger partial charge in [0.2, 0.25) is 5.91 Å². The van der Waals surface area contributed by atoms with E-state index >= 15 is 0 Å². The second-order valence-electron chi connectivity index (χ2n) is 8.78. The number of rotatable bonds is 4. The SMILES string of the molecule is CC(C)(C)OC(=O)N1CCN(NC(=O)CC2=CC3CC3(S(C)(=O)=O)C=C2)CC1.[HH]. The van der Waals surface area contributed by atoms with Crippen molar-refractivity contribution in [1.82, 2.24) is 15.3 Å². The zero-order valence-corrected chi connectivity index (χ0v) is 17.7. The summed E-state index contributed by atoms with van der Waals surface area (Å²) in [6.45, 7) is 7.51. The lowest BCUT2D eigenvalue weighted by molar-refractivity contribution is -0.125. The summed E-state index contributed by atoms with van der Waals surface area (Å²) >= 11 is 0. The molecule has 3 aliphatic rings. The Labute approximate surface area is 167 Å². The molecule has 28 heavy (non-hydrogen) atoms. The molecule has 1 heterocycles. The minimum Gasteiger partial charge on any atom is -0.444 e. The van der Waals surface area contributed by atoms with Gasteiger partial charge in [0, 0.05) is 39.8 Å². The van der Waals surface area contributed by atoms with Gasteiger partial charge in [0.1, 0.15) is 5.60 Å². The Hall–Kier alpha value is -1.87. The molecule has 2 aliphatic carbocycles. The van der Waals surface area contributed by atoms with E-state index in [1.807, 2.05) is 26.8 Å². The fourth-order valence-electron chi connectivity index (χ4n) is 3.63. The van der Waals surface area contributed by atoms with E-state index in [1.54, 1.807) is 22.1 Å². The van der Waals surface area contributed by atoms with Crippen molar-refractivity contribution in [2.45, 2.75) is 44.0 Å². The summed E-state index contributed by atoms with van der Waals surface area (Å²) < 4.78 is 28.4. The van der Waals surface area contributed by atoms with Crippen molar-refractivity contribution in [3.8, 4) is 0 Å². The smallest absolute Gasteiger partial charge is 0.410 e. The van der Waals surface area contributed by atoms with E-state index in [0.717, 1.165) is 5.57 Å². The molecule has 2 amide bonds. The third-order valence-corrected chi connectivity index (χ3v) is 7.26. The quantitative estimate of drug-likeness (QED) is 0.750. The summed E-state index contributed by atoms with van der Waals surface area (Å²) in [4.78, 5) is 26.0. The molecule has 0 radical (unpaired) electrons. The highest BCUT2D eigenvalue weighted by Gasteiger charge is 2.59. The number of carbonyl (C=O) groups is 2. The molecule has 8 nitrogen and oxygen atoms in total. The molecule has 0 aromatic carbocycles. The predicted molar refractivity (Wildman–Crippen MR) is 107 cm³/mol. The Bertz CT molecular complexity index is 825. The summed E-state index contributed by atoms with van der Waals surface area (Å²) in [5.74, 6) is -0.165. The molecule has 9 heteroatoms. The highest BCUT2D eigenvalue weighted by molar-refractivity contribution is 7.92. The van der Waals surface area contributed by atoms with E-state index < -0.39 is 20.2 Å². The molecule has 0 bridgehead atoms. The number of amides is 2. The zero-order chi connectivity index (χ0) is 20.7. The second kappa shape index (κ2) is 7.18. The molecule has 1 aliphatic heterocycles. The number of nitrogens with zero attached hydrogens (tertiary/aromatic N) is 2. The Morgan fingerprint density at radius 1 is 1.29 bits per heavy atom. The van der Waals surface area contributed by atoms with E-state index in [2.05, 4.69) is 5.43 Å². The second-order valence-corrected chi connectivity index (χ2v) is 11.1. The van der Waals surface area contributed by atoms with E-state index in [4.69, 9.17) is 4.74 Å². The van der Waals surface area contributed by atoms with E-state index in [1.165, 1.54) is 6.26 Å². The summed E-state index contributed by atoms with van der Waals surface area (Å²) in [7, 11) is -3.13. The van der Waals surface area contributed by atoms with Gasteiger partial charge in [-0.15, -0.1) is 0 Å². The number of hydrogen-bond acceptors (Lipinski definition) is 6. The summed E-state index contributed by atoms with van der Waals surface area (Å²) in [6.07, 6.45) is 7.12. The van der Waals surface area contributed by atoms with Gasteiger partial charge in [-0.05, 0) is 32.8 Å². The highest BCUT2D eigenvalue weighted by atomic mass is 32.2. The van der Waals surface area contributed by atoms with Crippen LogP contribution in [0.4, 0.5) is 4.79 Å². The summed E-state index contributed by atoms with van der Waals surface area (Å²) in [5.41, 5.74) is 3.18. The topological polar surface area (TPSA) is 96.0 Å². The van der Waals surface area contributed by atoms with Crippen LogP contribution in [0.3, 0.4) is 0 Å². The molecule has 158 valence electrons. The number of hydrazine groups is 1. The first-order valence-corrected chi connectivity index (χ1v) is 11.4. The predicted octanol–water partition coefficient (Wildman–Crippen LogP) is 1.51. The van der Waals surface area contributed by atoms with Gasteiger partial charge in [-0.1, -0.05) is 18.2 Å². The van der Waals surface area contributed by atoms with Gasteiger partial charge < -0.3 is 9.64 Å². The molecule has 2 fully saturated rings. The van der Waals surface area contributed by atoms with Crippen molar-refractivity contribution in [3.63, 3.8) is 0 Å². The van der Waals surface area contributed by atoms with Crippen LogP contribution < -0.4 is 5.43 Å². The third-order valence-electron chi connectivity index (χ3n) is 5.27. The Balaban J connectivity index is 0.00000300. The number of hydrogen-bond donors (Lipinski definition) is 1. The molecule has 1 N–H and O–H groups in total. The number of fused-ring (bicyclic) bond motifs is 1. The molecule has 3 rings (SSSR count). The van der Waals surface area contributed by atoms with E-state index in [0.29, 0.717) is 32.6 Å². The number of nitrogens with one attached hydrogen (secondary N) is 1. The molecule has 1 saturated heterocycles. The van der Waals surface area contributed by atoms with Gasteiger partial charge in [0.25, 0.3) is 0 Å². The summed E-state index contributed by atoms with van der Waals surface area (Å²) in [5, 5.41) is 1.80. The average molecular weight is 414 g/mol. The van der Waals surface area contributed by atoms with Crippen LogP contribution in [0.2, 0.25) is 0 Å². The number of ether oxygens (including phenoxy) is 1. The highest BCUT2D eigenvalue weighted by Crippen LogP contribution is 2.54. The van der Waals surface area contributed by atoms with Crippen LogP contribution in [0.15, 0.2) is 23.8 Å². The maximum atomic E-state index is 12.3. The lowest BCUT2D eigenvalue weighted by Gasteiger charge is -2.35. The van der Waals surface area contributed by atoms with Gasteiger partial charge in [0.05, 0.1) is 11.2 Å². The molecule has 0 aromatic heterocycles. The Morgan fingerprint density at radius 2 is 1.93 bits per heavy atom. The van der Waals surface area contributed by atoms with Crippen LogP contribution in [-0.2, 0) is 19.4 Å². The van der Waals surface area contributed by atoms with Crippen LogP contribution in [0, 0.1) is 5.92 Å². The first kappa shape index (κ1) is 20.9. The van der Waals surface area contributed by atoms with Gasteiger partial charge in [0.15, 0.2) is 9.84 Å². The van der Waals surface area contributed by atoms with Crippen LogP contribution in [-0.4, -0.2) is 73.1 Å². The number of piperazine rings is 1. The first-order chi connectivity index (χ1) is 12.9. The fourth-order valence-corrected chi connectivity index (χ4v) is 5.05. The van der Waals surface area contributed by atoms with E-state index in [9.17, 15) is 18.0 Å². The van der Waals surface area contributed by atoms with Crippen molar-refractivity contribution in [2.75, 3.05) is 32.4 Å². The number of allylic oxidation sites excluding steroid dienone is 2. The molecule has 2 unspecified atom stereocenters. The van der Waals surface area contributed by atoms with Crippen molar-refractivity contribution in [1.29, 1.82) is 0 Å².